The molecule has 0 aromatic heterocycles. The van der Waals surface area contributed by atoms with E-state index < -0.39 is 40.5 Å². The molecule has 7 nitrogen and oxygen atoms in total. The standard InChI is InChI=1S/C33H61NO6/c1-5-9-10-11-12-13-14-15-16-17-18-19-20-21-22-23-27-34(28(24-6-2)31(35)36,29(25-7-3)32(37)38)30(26-8-4)33(39)40/h22-23,28-30H,5-21,24-27H2,1-4H3,(H2-,35,36,37,38,39,40)/p+1/b23-22+. The zero-order valence-electron chi connectivity index (χ0n) is 26.2. The van der Waals surface area contributed by atoms with Crippen LogP contribution in [0.1, 0.15) is 156 Å². The summed E-state index contributed by atoms with van der Waals surface area (Å²) in [6.45, 7) is 7.94. The maximum absolute atomic E-state index is 12.5. The van der Waals surface area contributed by atoms with Crippen LogP contribution in [0.25, 0.3) is 0 Å². The van der Waals surface area contributed by atoms with E-state index in [1.807, 2.05) is 32.9 Å². The third-order valence-corrected chi connectivity index (χ3v) is 8.34. The number of carboxylic acids is 3. The molecule has 0 aliphatic heterocycles. The summed E-state index contributed by atoms with van der Waals surface area (Å²) in [7, 11) is 0. The maximum atomic E-state index is 12.5. The van der Waals surface area contributed by atoms with Gasteiger partial charge in [0.2, 0.25) is 0 Å². The molecule has 0 bridgehead atoms. The molecule has 0 aliphatic carbocycles. The van der Waals surface area contributed by atoms with Crippen molar-refractivity contribution in [3.63, 3.8) is 0 Å². The van der Waals surface area contributed by atoms with Crippen LogP contribution < -0.4 is 0 Å². The summed E-state index contributed by atoms with van der Waals surface area (Å²) >= 11 is 0. The molecule has 0 saturated carbocycles. The van der Waals surface area contributed by atoms with E-state index in [4.69, 9.17) is 0 Å². The minimum Gasteiger partial charge on any atom is -0.477 e. The summed E-state index contributed by atoms with van der Waals surface area (Å²) in [6.07, 6.45) is 23.8. The van der Waals surface area contributed by atoms with Gasteiger partial charge in [-0.2, -0.15) is 0 Å². The molecular weight excluding hydrogens is 506 g/mol. The Morgan fingerprint density at radius 3 is 1.12 bits per heavy atom. The van der Waals surface area contributed by atoms with E-state index in [9.17, 15) is 29.7 Å². The lowest BCUT2D eigenvalue weighted by molar-refractivity contribution is -0.968. The minimum atomic E-state index is -1.11. The van der Waals surface area contributed by atoms with Gasteiger partial charge in [0, 0.05) is 19.3 Å². The Hall–Kier alpha value is -1.89. The van der Waals surface area contributed by atoms with E-state index in [1.54, 1.807) is 0 Å². The molecule has 40 heavy (non-hydrogen) atoms. The Morgan fingerprint density at radius 1 is 0.500 bits per heavy atom. The van der Waals surface area contributed by atoms with Gasteiger partial charge in [-0.3, -0.25) is 4.48 Å². The highest BCUT2D eigenvalue weighted by atomic mass is 16.4. The molecular formula is C33H62NO6+. The summed E-state index contributed by atoms with van der Waals surface area (Å²) in [5.41, 5.74) is 0. The number of rotatable bonds is 28. The quantitative estimate of drug-likeness (QED) is 0.0495. The van der Waals surface area contributed by atoms with Crippen molar-refractivity contribution in [1.82, 2.24) is 0 Å². The fourth-order valence-corrected chi connectivity index (χ4v) is 6.22. The molecule has 3 unspecified atom stereocenters. The summed E-state index contributed by atoms with van der Waals surface area (Å²) in [5.74, 6) is -3.34. The second-order valence-corrected chi connectivity index (χ2v) is 11.6. The molecule has 0 amide bonds. The van der Waals surface area contributed by atoms with E-state index in [2.05, 4.69) is 6.92 Å². The minimum absolute atomic E-state index is 0.101. The van der Waals surface area contributed by atoms with Gasteiger partial charge in [-0.05, 0) is 38.2 Å². The molecule has 0 rings (SSSR count). The summed E-state index contributed by atoms with van der Waals surface area (Å²) in [5, 5.41) is 30.7. The van der Waals surface area contributed by atoms with Gasteiger partial charge in [-0.15, -0.1) is 0 Å². The van der Waals surface area contributed by atoms with Gasteiger partial charge < -0.3 is 15.3 Å². The fourth-order valence-electron chi connectivity index (χ4n) is 6.22. The van der Waals surface area contributed by atoms with Crippen LogP contribution in [-0.4, -0.2) is 62.4 Å². The van der Waals surface area contributed by atoms with Gasteiger partial charge in [0.05, 0.1) is 6.54 Å². The SMILES string of the molecule is CCCCCCCCCCCCCCC/C=C/C[N+](C(CCC)C(=O)O)(C(CCC)C(=O)O)C(CCC)C(=O)O. The molecule has 0 aliphatic rings. The second-order valence-electron chi connectivity index (χ2n) is 11.6. The van der Waals surface area contributed by atoms with Crippen LogP contribution in [0, 0.1) is 0 Å². The summed E-state index contributed by atoms with van der Waals surface area (Å²) in [6, 6.07) is -3.27. The van der Waals surface area contributed by atoms with Crippen LogP contribution in [0.3, 0.4) is 0 Å². The van der Waals surface area contributed by atoms with Crippen molar-refractivity contribution in [2.75, 3.05) is 6.54 Å². The lowest BCUT2D eigenvalue weighted by Gasteiger charge is -2.49. The van der Waals surface area contributed by atoms with E-state index in [1.165, 1.54) is 70.6 Å². The maximum Gasteiger partial charge on any atom is 0.362 e. The van der Waals surface area contributed by atoms with Crippen molar-refractivity contribution < 1.29 is 34.2 Å². The smallest absolute Gasteiger partial charge is 0.362 e. The van der Waals surface area contributed by atoms with Gasteiger partial charge in [0.1, 0.15) is 0 Å². The van der Waals surface area contributed by atoms with Gasteiger partial charge in [0.15, 0.2) is 18.1 Å². The average molecular weight is 569 g/mol. The van der Waals surface area contributed by atoms with Crippen LogP contribution in [0.5, 0.6) is 0 Å². The highest BCUT2D eigenvalue weighted by Crippen LogP contribution is 2.33. The van der Waals surface area contributed by atoms with Crippen LogP contribution >= 0.6 is 0 Å². The first-order chi connectivity index (χ1) is 19.2. The van der Waals surface area contributed by atoms with Crippen molar-refractivity contribution in [2.45, 2.75) is 174 Å². The molecule has 0 spiro atoms. The zero-order chi connectivity index (χ0) is 30.2. The normalized spacial score (nSPS) is 15.5. The number of carbonyl (C=O) groups is 3. The highest BCUT2D eigenvalue weighted by Gasteiger charge is 2.56. The lowest BCUT2D eigenvalue weighted by atomic mass is 9.92. The number of hydrogen-bond donors (Lipinski definition) is 3. The fraction of sp³-hybridized carbons (Fsp3) is 0.848. The predicted molar refractivity (Wildman–Crippen MR) is 164 cm³/mol. The first-order valence-corrected chi connectivity index (χ1v) is 16.4. The van der Waals surface area contributed by atoms with Crippen molar-refractivity contribution in [3.05, 3.63) is 12.2 Å². The Labute approximate surface area is 245 Å². The van der Waals surface area contributed by atoms with Crippen LogP contribution in [0.4, 0.5) is 0 Å². The van der Waals surface area contributed by atoms with E-state index >= 15 is 0 Å². The topological polar surface area (TPSA) is 112 Å². The van der Waals surface area contributed by atoms with E-state index in [0.29, 0.717) is 19.3 Å². The summed E-state index contributed by atoms with van der Waals surface area (Å²) in [4.78, 5) is 37.6. The monoisotopic (exact) mass is 568 g/mol. The molecule has 0 radical (unpaired) electrons. The zero-order valence-corrected chi connectivity index (χ0v) is 26.2. The van der Waals surface area contributed by atoms with Gasteiger partial charge in [-0.25, -0.2) is 14.4 Å². The number of hydrogen-bond acceptors (Lipinski definition) is 3. The number of nitrogens with zero attached hydrogens (tertiary/aromatic N) is 1. The van der Waals surface area contributed by atoms with Crippen molar-refractivity contribution in [2.24, 2.45) is 0 Å². The molecule has 0 saturated heterocycles. The molecule has 0 heterocycles. The Balaban J connectivity index is 5.21. The highest BCUT2D eigenvalue weighted by molar-refractivity contribution is 5.78. The van der Waals surface area contributed by atoms with Gasteiger partial charge in [-0.1, -0.05) is 111 Å². The first-order valence-electron chi connectivity index (χ1n) is 16.4. The number of carboxylic acid groups (broad SMARTS) is 3. The van der Waals surface area contributed by atoms with Crippen molar-refractivity contribution >= 4 is 17.9 Å². The number of quaternary nitrogens is 1. The molecule has 234 valence electrons. The Bertz CT molecular complexity index is 647. The Kier molecular flexibility index (Phi) is 22.7. The van der Waals surface area contributed by atoms with Crippen LogP contribution in [0.15, 0.2) is 12.2 Å². The molecule has 0 aromatic carbocycles. The third-order valence-electron chi connectivity index (χ3n) is 8.34. The first kappa shape index (κ1) is 38.1. The van der Waals surface area contributed by atoms with Gasteiger partial charge >= 0.3 is 17.9 Å². The van der Waals surface area contributed by atoms with Crippen LogP contribution in [0.2, 0.25) is 0 Å². The number of unbranched alkanes of at least 4 members (excludes halogenated alkanes) is 13. The summed E-state index contributed by atoms with van der Waals surface area (Å²) < 4.78 is -0.454. The number of allylic oxidation sites excluding steroid dienone is 1. The average Bonchev–Trinajstić information content (AvgIpc) is 2.91. The van der Waals surface area contributed by atoms with E-state index in [-0.39, 0.29) is 25.8 Å². The number of aliphatic carboxylic acids is 3. The van der Waals surface area contributed by atoms with Crippen molar-refractivity contribution in [1.29, 1.82) is 0 Å². The largest absolute Gasteiger partial charge is 0.477 e. The van der Waals surface area contributed by atoms with Crippen LogP contribution in [-0.2, 0) is 14.4 Å². The molecule has 0 fully saturated rings. The third kappa shape index (κ3) is 14.1. The molecule has 0 aromatic rings. The molecule has 3 atom stereocenters. The molecule has 7 heteroatoms. The lowest BCUT2D eigenvalue weighted by Crippen LogP contribution is -2.72. The molecule has 3 N–H and O–H groups in total. The predicted octanol–water partition coefficient (Wildman–Crippen LogP) is 8.60. The van der Waals surface area contributed by atoms with Crippen molar-refractivity contribution in [3.8, 4) is 0 Å². The van der Waals surface area contributed by atoms with E-state index in [0.717, 1.165) is 19.3 Å². The second kappa shape index (κ2) is 23.8. The Morgan fingerprint density at radius 2 is 0.825 bits per heavy atom. The van der Waals surface area contributed by atoms with Gasteiger partial charge in [0.25, 0.3) is 0 Å².